The van der Waals surface area contributed by atoms with E-state index in [1.807, 2.05) is 6.92 Å². The second-order valence-electron chi connectivity index (χ2n) is 7.45. The largest absolute Gasteiger partial charge is 0.491 e. The Morgan fingerprint density at radius 1 is 1.03 bits per heavy atom. The van der Waals surface area contributed by atoms with Gasteiger partial charge in [0.2, 0.25) is 0 Å². The number of nitrogens with zero attached hydrogens (tertiary/aromatic N) is 2. The highest BCUT2D eigenvalue weighted by Gasteiger charge is 2.19. The fraction of sp³-hybridized carbons (Fsp3) is 0.364. The van der Waals surface area contributed by atoms with Gasteiger partial charge in [0.15, 0.2) is 0 Å². The van der Waals surface area contributed by atoms with Crippen LogP contribution < -0.4 is 10.9 Å². The maximum atomic E-state index is 13.7. The van der Waals surface area contributed by atoms with Crippen LogP contribution in [0, 0.1) is 17.7 Å². The molecule has 0 spiro atoms. The van der Waals surface area contributed by atoms with Crippen LogP contribution in [0.2, 0.25) is 0 Å². The van der Waals surface area contributed by atoms with E-state index < -0.39 is 17.9 Å². The van der Waals surface area contributed by atoms with Gasteiger partial charge in [0.1, 0.15) is 17.3 Å². The van der Waals surface area contributed by atoms with E-state index >= 15 is 0 Å². The normalized spacial score (nSPS) is 12.3. The first-order valence-electron chi connectivity index (χ1n) is 9.31. The summed E-state index contributed by atoms with van der Waals surface area (Å²) in [6.45, 7) is 6.60. The molecular formula is C22H26F3N3O. The molecule has 0 radical (unpaired) electrons. The van der Waals surface area contributed by atoms with Crippen molar-refractivity contribution >= 4 is 10.9 Å². The minimum atomic E-state index is -2.78. The molecule has 29 heavy (non-hydrogen) atoms. The molecule has 0 saturated heterocycles. The van der Waals surface area contributed by atoms with Crippen molar-refractivity contribution in [1.29, 1.82) is 0 Å². The molecule has 4 nitrogen and oxygen atoms in total. The van der Waals surface area contributed by atoms with Crippen molar-refractivity contribution in [2.75, 3.05) is 6.61 Å². The molecule has 0 bridgehead atoms. The Morgan fingerprint density at radius 3 is 2.48 bits per heavy atom. The van der Waals surface area contributed by atoms with Crippen molar-refractivity contribution in [3.05, 3.63) is 54.1 Å². The Kier molecular flexibility index (Phi) is 7.56. The van der Waals surface area contributed by atoms with E-state index in [2.05, 4.69) is 23.8 Å². The minimum Gasteiger partial charge on any atom is -0.491 e. The van der Waals surface area contributed by atoms with Gasteiger partial charge in [0.25, 0.3) is 6.43 Å². The number of rotatable bonds is 7. The third-order valence-corrected chi connectivity index (χ3v) is 4.47. The van der Waals surface area contributed by atoms with Crippen LogP contribution in [0.3, 0.4) is 0 Å². The summed E-state index contributed by atoms with van der Waals surface area (Å²) in [5, 5.41) is 0.523. The Bertz CT molecular complexity index is 963. The van der Waals surface area contributed by atoms with Gasteiger partial charge in [0, 0.05) is 17.1 Å². The summed E-state index contributed by atoms with van der Waals surface area (Å²) in [4.78, 5) is 8.32. The summed E-state index contributed by atoms with van der Waals surface area (Å²) in [7, 11) is 0. The molecule has 0 aliphatic carbocycles. The van der Waals surface area contributed by atoms with Gasteiger partial charge in [-0.05, 0) is 54.7 Å². The number of hydrogen-bond acceptors (Lipinski definition) is 4. The molecule has 1 atom stereocenters. The topological polar surface area (TPSA) is 70.0 Å². The predicted molar refractivity (Wildman–Crippen MR) is 109 cm³/mol. The van der Waals surface area contributed by atoms with E-state index in [0.29, 0.717) is 34.7 Å². The zero-order valence-electron chi connectivity index (χ0n) is 16.8. The first-order chi connectivity index (χ1) is 13.3. The van der Waals surface area contributed by atoms with Gasteiger partial charge in [-0.2, -0.15) is 0 Å². The highest BCUT2D eigenvalue weighted by molar-refractivity contribution is 5.93. The maximum Gasteiger partial charge on any atom is 0.284 e. The van der Waals surface area contributed by atoms with Crippen molar-refractivity contribution in [2.24, 2.45) is 11.8 Å². The molecule has 3 N–H and O–H groups in total. The highest BCUT2D eigenvalue weighted by atomic mass is 19.3. The fourth-order valence-electron chi connectivity index (χ4n) is 3.34. The van der Waals surface area contributed by atoms with E-state index in [1.54, 1.807) is 24.4 Å². The average Bonchev–Trinajstić information content (AvgIpc) is 2.65. The molecule has 3 rings (SSSR count). The van der Waals surface area contributed by atoms with E-state index in [-0.39, 0.29) is 17.8 Å². The summed E-state index contributed by atoms with van der Waals surface area (Å²) >= 11 is 0. The lowest BCUT2D eigenvalue weighted by Gasteiger charge is -2.17. The van der Waals surface area contributed by atoms with Crippen LogP contribution in [-0.4, -0.2) is 16.6 Å². The lowest BCUT2D eigenvalue weighted by molar-refractivity contribution is 0.137. The molecule has 1 unspecified atom stereocenters. The van der Waals surface area contributed by atoms with E-state index in [4.69, 9.17) is 4.74 Å². The molecular weight excluding hydrogens is 379 g/mol. The third-order valence-electron chi connectivity index (χ3n) is 4.47. The number of fused-ring (bicyclic) bond motifs is 1. The number of aromatic nitrogens is 2. The van der Waals surface area contributed by atoms with Crippen LogP contribution in [0.5, 0.6) is 5.75 Å². The smallest absolute Gasteiger partial charge is 0.284 e. The lowest BCUT2D eigenvalue weighted by Crippen LogP contribution is -2.12. The van der Waals surface area contributed by atoms with Gasteiger partial charge < -0.3 is 10.9 Å². The molecule has 2 heterocycles. The predicted octanol–water partition coefficient (Wildman–Crippen LogP) is 6.60. The Morgan fingerprint density at radius 2 is 1.79 bits per heavy atom. The molecule has 0 aliphatic rings. The zero-order valence-corrected chi connectivity index (χ0v) is 16.8. The van der Waals surface area contributed by atoms with Crippen LogP contribution in [0.1, 0.15) is 39.3 Å². The summed E-state index contributed by atoms with van der Waals surface area (Å²) in [6, 6.07) is 8.97. The summed E-state index contributed by atoms with van der Waals surface area (Å²) in [6.07, 6.45) is -0.276. The number of hydrogen-bond donors (Lipinski definition) is 1. The van der Waals surface area contributed by atoms with Gasteiger partial charge in [0.05, 0.1) is 17.8 Å². The molecule has 0 amide bonds. The first-order valence-corrected chi connectivity index (χ1v) is 9.31. The number of alkyl halides is 2. The van der Waals surface area contributed by atoms with Crippen molar-refractivity contribution in [1.82, 2.24) is 16.1 Å². The van der Waals surface area contributed by atoms with Crippen LogP contribution in [0.15, 0.2) is 42.6 Å². The Labute approximate surface area is 168 Å². The maximum absolute atomic E-state index is 13.7. The first kappa shape index (κ1) is 22.6. The summed E-state index contributed by atoms with van der Waals surface area (Å²) in [5.41, 5.74) is 1.04. The quantitative estimate of drug-likeness (QED) is 0.481. The highest BCUT2D eigenvalue weighted by Crippen LogP contribution is 2.33. The third kappa shape index (κ3) is 5.44. The monoisotopic (exact) mass is 405 g/mol. The van der Waals surface area contributed by atoms with Crippen LogP contribution in [-0.2, 0) is 0 Å². The van der Waals surface area contributed by atoms with E-state index in [9.17, 15) is 13.2 Å². The molecule has 7 heteroatoms. The van der Waals surface area contributed by atoms with Crippen molar-refractivity contribution in [2.45, 2.75) is 33.6 Å². The van der Waals surface area contributed by atoms with Gasteiger partial charge in [-0.15, -0.1) is 0 Å². The van der Waals surface area contributed by atoms with Gasteiger partial charge in [-0.3, -0.25) is 4.98 Å². The number of ether oxygens (including phenoxy) is 1. The summed E-state index contributed by atoms with van der Waals surface area (Å²) < 4.78 is 46.6. The van der Waals surface area contributed by atoms with Crippen LogP contribution in [0.4, 0.5) is 13.2 Å². The molecule has 156 valence electrons. The second kappa shape index (κ2) is 9.69. The molecule has 3 aromatic rings. The lowest BCUT2D eigenvalue weighted by atomic mass is 10.00. The molecule has 2 aromatic heterocycles. The number of halogens is 3. The average molecular weight is 405 g/mol. The van der Waals surface area contributed by atoms with Crippen molar-refractivity contribution < 1.29 is 17.9 Å². The second-order valence-corrected chi connectivity index (χ2v) is 7.45. The Hall–Kier alpha value is -2.67. The standard InChI is InChI=1S/C22H23F3N2O.H3N/c1-13(2)10-14(3)12-28-20-7-6-19(27-21(20)22(24)25)16-8-9-26-18-5-4-15(23)11-17(16)18;/h4-9,11,13-14,22H,10,12H2,1-3H3;1H3. The van der Waals surface area contributed by atoms with Gasteiger partial charge in [-0.1, -0.05) is 20.8 Å². The molecule has 0 fully saturated rings. The SMILES string of the molecule is CC(C)CC(C)COc1ccc(-c2ccnc3ccc(F)cc23)nc1C(F)F.N. The number of benzene rings is 1. The molecule has 0 saturated carbocycles. The fourth-order valence-corrected chi connectivity index (χ4v) is 3.34. The van der Waals surface area contributed by atoms with Crippen molar-refractivity contribution in [3.8, 4) is 17.0 Å². The number of pyridine rings is 2. The summed E-state index contributed by atoms with van der Waals surface area (Å²) in [5.74, 6) is 0.417. The Balaban J connectivity index is 0.00000300. The molecule has 0 aliphatic heterocycles. The van der Waals surface area contributed by atoms with Gasteiger partial charge >= 0.3 is 0 Å². The molecule has 1 aromatic carbocycles. The van der Waals surface area contributed by atoms with Gasteiger partial charge in [-0.25, -0.2) is 18.2 Å². The minimum absolute atomic E-state index is 0. The van der Waals surface area contributed by atoms with Crippen LogP contribution >= 0.6 is 0 Å². The van der Waals surface area contributed by atoms with E-state index in [0.717, 1.165) is 6.42 Å². The van der Waals surface area contributed by atoms with Crippen LogP contribution in [0.25, 0.3) is 22.2 Å². The van der Waals surface area contributed by atoms with Crippen molar-refractivity contribution in [3.63, 3.8) is 0 Å². The zero-order chi connectivity index (χ0) is 20.3. The van der Waals surface area contributed by atoms with E-state index in [1.165, 1.54) is 18.2 Å².